The lowest BCUT2D eigenvalue weighted by Gasteiger charge is -2.27. The van der Waals surface area contributed by atoms with Crippen LogP contribution in [0.3, 0.4) is 0 Å². The van der Waals surface area contributed by atoms with Gasteiger partial charge in [0.25, 0.3) is 0 Å². The van der Waals surface area contributed by atoms with Crippen molar-refractivity contribution >= 4 is 33.0 Å². The number of halogens is 1. The number of thiophene rings is 1. The van der Waals surface area contributed by atoms with Gasteiger partial charge in [0, 0.05) is 23.0 Å². The lowest BCUT2D eigenvalue weighted by molar-refractivity contribution is 0.378. The number of benzene rings is 1. The van der Waals surface area contributed by atoms with E-state index in [1.165, 1.54) is 35.6 Å². The molecule has 2 rings (SSSR count). The molecular formula is C13H14ClN2O3S2-. The number of nitrogens with one attached hydrogen (secondary N) is 1. The first-order valence-corrected chi connectivity index (χ1v) is 8.91. The van der Waals surface area contributed by atoms with Crippen molar-refractivity contribution in [2.45, 2.75) is 11.4 Å². The number of hydrogen-bond acceptors (Lipinski definition) is 5. The highest BCUT2D eigenvalue weighted by Crippen LogP contribution is 2.14. The van der Waals surface area contributed by atoms with Gasteiger partial charge in [-0.1, -0.05) is 17.7 Å². The van der Waals surface area contributed by atoms with Gasteiger partial charge in [0.2, 0.25) is 10.0 Å². The second kappa shape index (κ2) is 7.35. The van der Waals surface area contributed by atoms with Crippen LogP contribution in [0.4, 0.5) is 0 Å². The number of nitrogens with zero attached hydrogens (tertiary/aromatic N) is 1. The summed E-state index contributed by atoms with van der Waals surface area (Å²) >= 11 is 7.21. The summed E-state index contributed by atoms with van der Waals surface area (Å²) in [5, 5.41) is 14.8. The van der Waals surface area contributed by atoms with Crippen molar-refractivity contribution in [3.8, 4) is 0 Å². The highest BCUT2D eigenvalue weighted by Gasteiger charge is 2.12. The van der Waals surface area contributed by atoms with E-state index in [0.29, 0.717) is 5.02 Å². The van der Waals surface area contributed by atoms with Gasteiger partial charge in [-0.25, -0.2) is 13.1 Å². The molecule has 0 saturated carbocycles. The summed E-state index contributed by atoms with van der Waals surface area (Å²) in [6.07, 6.45) is 0. The van der Waals surface area contributed by atoms with Gasteiger partial charge in [0.1, 0.15) is 0 Å². The molecule has 0 aliphatic carbocycles. The van der Waals surface area contributed by atoms with Crippen molar-refractivity contribution in [1.82, 2.24) is 9.79 Å². The summed E-state index contributed by atoms with van der Waals surface area (Å²) in [4.78, 5) is 1.08. The zero-order chi connectivity index (χ0) is 15.3. The number of hydroxylamine groups is 2. The van der Waals surface area contributed by atoms with E-state index in [0.717, 1.165) is 9.94 Å². The van der Waals surface area contributed by atoms with E-state index in [1.54, 1.807) is 0 Å². The Labute approximate surface area is 132 Å². The SMILES string of the molecule is O=S(=O)(NCCN([O-])Cc1cccs1)c1ccc(Cl)cc1. The predicted molar refractivity (Wildman–Crippen MR) is 84.7 cm³/mol. The van der Waals surface area contributed by atoms with Gasteiger partial charge in [-0.05, 0) is 42.3 Å². The molecular weight excluding hydrogens is 332 g/mol. The maximum Gasteiger partial charge on any atom is 0.240 e. The molecule has 0 bridgehead atoms. The van der Waals surface area contributed by atoms with E-state index >= 15 is 0 Å². The maximum atomic E-state index is 12.0. The van der Waals surface area contributed by atoms with E-state index in [9.17, 15) is 13.6 Å². The summed E-state index contributed by atoms with van der Waals surface area (Å²) < 4.78 is 26.3. The first-order valence-electron chi connectivity index (χ1n) is 6.17. The lowest BCUT2D eigenvalue weighted by Crippen LogP contribution is -2.32. The summed E-state index contributed by atoms with van der Waals surface area (Å²) in [7, 11) is -3.61. The Hall–Kier alpha value is -0.960. The molecule has 21 heavy (non-hydrogen) atoms. The van der Waals surface area contributed by atoms with Crippen molar-refractivity contribution in [3.05, 3.63) is 56.9 Å². The minimum absolute atomic E-state index is 0.0554. The third kappa shape index (κ3) is 5.06. The van der Waals surface area contributed by atoms with Gasteiger partial charge in [-0.2, -0.15) is 0 Å². The zero-order valence-corrected chi connectivity index (χ0v) is 13.4. The van der Waals surface area contributed by atoms with Crippen LogP contribution in [0.25, 0.3) is 0 Å². The van der Waals surface area contributed by atoms with E-state index in [-0.39, 0.29) is 24.5 Å². The highest BCUT2D eigenvalue weighted by atomic mass is 35.5. The molecule has 5 nitrogen and oxygen atoms in total. The number of hydrogen-bond donors (Lipinski definition) is 1. The van der Waals surface area contributed by atoms with Crippen LogP contribution in [0, 0.1) is 5.21 Å². The first-order chi connectivity index (χ1) is 9.97. The molecule has 0 spiro atoms. The standard InChI is InChI=1S/C13H14ClN2O3S2/c14-11-3-5-13(6-4-11)21(18,19)15-7-8-16(17)10-12-2-1-9-20-12/h1-6,9,15H,7-8,10H2/q-1. The molecule has 1 N–H and O–H groups in total. The molecule has 0 radical (unpaired) electrons. The number of sulfonamides is 1. The summed E-state index contributed by atoms with van der Waals surface area (Å²) in [6, 6.07) is 9.60. The fraction of sp³-hybridized carbons (Fsp3) is 0.231. The fourth-order valence-electron chi connectivity index (χ4n) is 1.66. The maximum absolute atomic E-state index is 12.0. The minimum atomic E-state index is -3.61. The monoisotopic (exact) mass is 345 g/mol. The van der Waals surface area contributed by atoms with Crippen molar-refractivity contribution < 1.29 is 8.42 Å². The molecule has 114 valence electrons. The molecule has 0 aliphatic rings. The molecule has 2 aromatic rings. The molecule has 1 heterocycles. The lowest BCUT2D eigenvalue weighted by atomic mass is 10.4. The van der Waals surface area contributed by atoms with Crippen molar-refractivity contribution in [1.29, 1.82) is 0 Å². The molecule has 0 aliphatic heterocycles. The summed E-state index contributed by atoms with van der Waals surface area (Å²) in [5.41, 5.74) is 0. The largest absolute Gasteiger partial charge is 0.785 e. The van der Waals surface area contributed by atoms with Gasteiger partial charge < -0.3 is 10.3 Å². The summed E-state index contributed by atoms with van der Waals surface area (Å²) in [6.45, 7) is 0.408. The Morgan fingerprint density at radius 1 is 1.24 bits per heavy atom. The van der Waals surface area contributed by atoms with Crippen molar-refractivity contribution in [2.24, 2.45) is 0 Å². The molecule has 0 saturated heterocycles. The average molecular weight is 346 g/mol. The van der Waals surface area contributed by atoms with E-state index in [2.05, 4.69) is 4.72 Å². The van der Waals surface area contributed by atoms with Crippen LogP contribution in [0.2, 0.25) is 5.02 Å². The normalized spacial score (nSPS) is 12.0. The van der Waals surface area contributed by atoms with Gasteiger partial charge >= 0.3 is 0 Å². The molecule has 0 fully saturated rings. The second-order valence-corrected chi connectivity index (χ2v) is 7.53. The van der Waals surface area contributed by atoms with Crippen LogP contribution >= 0.6 is 22.9 Å². The highest BCUT2D eigenvalue weighted by molar-refractivity contribution is 7.89. The Kier molecular flexibility index (Phi) is 5.74. The molecule has 1 aromatic heterocycles. The van der Waals surface area contributed by atoms with E-state index in [4.69, 9.17) is 11.6 Å². The third-order valence-electron chi connectivity index (χ3n) is 2.69. The fourth-order valence-corrected chi connectivity index (χ4v) is 3.51. The molecule has 1 aromatic carbocycles. The van der Waals surface area contributed by atoms with Gasteiger partial charge in [0.05, 0.1) is 4.90 Å². The Bertz CT molecular complexity index is 657. The van der Waals surface area contributed by atoms with Gasteiger partial charge in [-0.15, -0.1) is 11.3 Å². The molecule has 8 heteroatoms. The van der Waals surface area contributed by atoms with Crippen molar-refractivity contribution in [3.63, 3.8) is 0 Å². The van der Waals surface area contributed by atoms with Crippen LogP contribution in [-0.2, 0) is 16.6 Å². The Morgan fingerprint density at radius 2 is 1.95 bits per heavy atom. The molecule has 0 atom stereocenters. The van der Waals surface area contributed by atoms with Crippen LogP contribution in [0.15, 0.2) is 46.7 Å². The molecule has 0 amide bonds. The Balaban J connectivity index is 1.83. The van der Waals surface area contributed by atoms with Crippen LogP contribution in [0.5, 0.6) is 0 Å². The van der Waals surface area contributed by atoms with Crippen LogP contribution in [-0.4, -0.2) is 26.6 Å². The van der Waals surface area contributed by atoms with Crippen molar-refractivity contribution in [2.75, 3.05) is 13.1 Å². The first kappa shape index (κ1) is 16.4. The molecule has 0 unspecified atom stereocenters. The summed E-state index contributed by atoms with van der Waals surface area (Å²) in [5.74, 6) is 0. The second-order valence-electron chi connectivity index (χ2n) is 4.29. The minimum Gasteiger partial charge on any atom is -0.785 e. The number of rotatable bonds is 7. The Morgan fingerprint density at radius 3 is 2.57 bits per heavy atom. The van der Waals surface area contributed by atoms with Gasteiger partial charge in [0.15, 0.2) is 0 Å². The van der Waals surface area contributed by atoms with Gasteiger partial charge in [-0.3, -0.25) is 0 Å². The predicted octanol–water partition coefficient (Wildman–Crippen LogP) is 2.68. The quantitative estimate of drug-likeness (QED) is 0.783. The topological polar surface area (TPSA) is 72.5 Å². The average Bonchev–Trinajstić information content (AvgIpc) is 2.91. The van der Waals surface area contributed by atoms with E-state index in [1.807, 2.05) is 17.5 Å². The van der Waals surface area contributed by atoms with E-state index < -0.39 is 10.0 Å². The third-order valence-corrected chi connectivity index (χ3v) is 5.28. The van der Waals surface area contributed by atoms with Crippen LogP contribution in [0.1, 0.15) is 4.88 Å². The zero-order valence-electron chi connectivity index (χ0n) is 11.0. The smallest absolute Gasteiger partial charge is 0.240 e. The van der Waals surface area contributed by atoms with Crippen LogP contribution < -0.4 is 4.72 Å².